The van der Waals surface area contributed by atoms with Crippen LogP contribution in [0, 0.1) is 22.0 Å². The lowest BCUT2D eigenvalue weighted by molar-refractivity contribution is -0.384. The van der Waals surface area contributed by atoms with Crippen LogP contribution < -0.4 is 5.32 Å². The van der Waals surface area contributed by atoms with Crippen molar-refractivity contribution in [3.05, 3.63) is 39.9 Å². The van der Waals surface area contributed by atoms with Gasteiger partial charge >= 0.3 is 6.09 Å². The number of ether oxygens (including phenoxy) is 1. The van der Waals surface area contributed by atoms with E-state index in [4.69, 9.17) is 8.92 Å². The molecule has 12 heteroatoms. The van der Waals surface area contributed by atoms with E-state index in [1.54, 1.807) is 0 Å². The van der Waals surface area contributed by atoms with E-state index >= 15 is 0 Å². The van der Waals surface area contributed by atoms with Crippen molar-refractivity contribution in [1.82, 2.24) is 10.2 Å². The molecule has 164 valence electrons. The molecule has 1 N–H and O–H groups in total. The van der Waals surface area contributed by atoms with E-state index in [1.807, 2.05) is 0 Å². The van der Waals surface area contributed by atoms with Gasteiger partial charge in [0, 0.05) is 31.1 Å². The standard InChI is InChI=1S/C18H23N3O8S/c1-19-17(22)15-8-14(15)16-7-13(29-30(2,26)27)9-20(16)18(23)28-10-11-3-5-12(6-4-11)21(24)25/h3-6,13-16H,7-10H2,1-2H3,(H,19,22)/t13-,14-,15-,16+/m1/s1. The van der Waals surface area contributed by atoms with Crippen LogP contribution in [0.4, 0.5) is 10.5 Å². The SMILES string of the molecule is CNC(=O)[C@@H]1C[C@H]1[C@@H]1C[C@@H](OS(C)(=O)=O)CN1C(=O)OCc1ccc([N+](=O)[O-])cc1. The van der Waals surface area contributed by atoms with Crippen LogP contribution in [0.3, 0.4) is 0 Å². The van der Waals surface area contributed by atoms with Gasteiger partial charge in [-0.1, -0.05) is 0 Å². The first-order valence-corrected chi connectivity index (χ1v) is 11.2. The Bertz CT molecular complexity index is 933. The fraction of sp³-hybridized carbons (Fsp3) is 0.556. The molecule has 0 bridgehead atoms. The molecule has 2 amide bonds. The molecule has 1 aromatic carbocycles. The zero-order valence-electron chi connectivity index (χ0n) is 16.5. The summed E-state index contributed by atoms with van der Waals surface area (Å²) in [4.78, 5) is 36.2. The number of carbonyl (C=O) groups is 2. The zero-order chi connectivity index (χ0) is 22.1. The first kappa shape index (κ1) is 22.0. The maximum Gasteiger partial charge on any atom is 0.410 e. The maximum absolute atomic E-state index is 12.7. The Morgan fingerprint density at radius 1 is 1.27 bits per heavy atom. The van der Waals surface area contributed by atoms with Crippen molar-refractivity contribution in [2.24, 2.45) is 11.8 Å². The number of nitro groups is 1. The Morgan fingerprint density at radius 2 is 1.93 bits per heavy atom. The first-order chi connectivity index (χ1) is 14.1. The summed E-state index contributed by atoms with van der Waals surface area (Å²) in [6, 6.07) is 5.24. The van der Waals surface area contributed by atoms with Crippen LogP contribution in [0.15, 0.2) is 24.3 Å². The van der Waals surface area contributed by atoms with E-state index in [1.165, 1.54) is 36.2 Å². The predicted molar refractivity (Wildman–Crippen MR) is 104 cm³/mol. The minimum Gasteiger partial charge on any atom is -0.445 e. The molecule has 11 nitrogen and oxygen atoms in total. The molecular weight excluding hydrogens is 418 g/mol. The van der Waals surface area contributed by atoms with Gasteiger partial charge in [-0.05, 0) is 36.5 Å². The van der Waals surface area contributed by atoms with Crippen LogP contribution >= 0.6 is 0 Å². The number of hydrogen-bond acceptors (Lipinski definition) is 8. The fourth-order valence-corrected chi connectivity index (χ4v) is 4.46. The van der Waals surface area contributed by atoms with Gasteiger partial charge in [-0.15, -0.1) is 0 Å². The summed E-state index contributed by atoms with van der Waals surface area (Å²) in [7, 11) is -2.16. The third-order valence-corrected chi connectivity index (χ3v) is 5.90. The average molecular weight is 441 g/mol. The molecule has 2 aliphatic rings. The van der Waals surface area contributed by atoms with Gasteiger partial charge in [-0.3, -0.25) is 19.1 Å². The molecule has 0 radical (unpaired) electrons. The third kappa shape index (κ3) is 5.25. The highest BCUT2D eigenvalue weighted by molar-refractivity contribution is 7.86. The molecular formula is C18H23N3O8S. The predicted octanol–water partition coefficient (Wildman–Crippen LogP) is 1.03. The Hall–Kier alpha value is -2.73. The molecule has 4 atom stereocenters. The highest BCUT2D eigenvalue weighted by atomic mass is 32.2. The summed E-state index contributed by atoms with van der Waals surface area (Å²) < 4.78 is 33.4. The number of amides is 2. The van der Waals surface area contributed by atoms with Crippen molar-refractivity contribution >= 4 is 27.8 Å². The van der Waals surface area contributed by atoms with Crippen LogP contribution in [0.5, 0.6) is 0 Å². The van der Waals surface area contributed by atoms with Gasteiger partial charge in [0.2, 0.25) is 5.91 Å². The number of nitro benzene ring substituents is 1. The van der Waals surface area contributed by atoms with Crippen LogP contribution in [0.2, 0.25) is 0 Å². The Morgan fingerprint density at radius 3 is 2.50 bits per heavy atom. The molecule has 0 unspecified atom stereocenters. The molecule has 1 saturated heterocycles. The lowest BCUT2D eigenvalue weighted by Gasteiger charge is -2.24. The largest absolute Gasteiger partial charge is 0.445 e. The number of benzene rings is 1. The lowest BCUT2D eigenvalue weighted by Crippen LogP contribution is -2.38. The lowest BCUT2D eigenvalue weighted by atomic mass is 10.1. The number of rotatable bonds is 7. The van der Waals surface area contributed by atoms with Gasteiger partial charge in [-0.2, -0.15) is 8.42 Å². The number of non-ortho nitro benzene ring substituents is 1. The molecule has 2 fully saturated rings. The molecule has 1 aliphatic carbocycles. The average Bonchev–Trinajstić information content (AvgIpc) is 3.38. The number of carbonyl (C=O) groups excluding carboxylic acids is 2. The van der Waals surface area contributed by atoms with Gasteiger partial charge in [-0.25, -0.2) is 4.79 Å². The van der Waals surface area contributed by atoms with Crippen molar-refractivity contribution < 1.29 is 31.9 Å². The Labute approximate surface area is 173 Å². The van der Waals surface area contributed by atoms with Crippen LogP contribution in [0.1, 0.15) is 18.4 Å². The smallest absolute Gasteiger partial charge is 0.410 e. The van der Waals surface area contributed by atoms with Crippen LogP contribution in [-0.2, 0) is 30.4 Å². The summed E-state index contributed by atoms with van der Waals surface area (Å²) in [5.74, 6) is -0.446. The van der Waals surface area contributed by atoms with E-state index in [9.17, 15) is 28.1 Å². The maximum atomic E-state index is 12.7. The molecule has 1 saturated carbocycles. The van der Waals surface area contributed by atoms with Gasteiger partial charge in [0.05, 0.1) is 23.8 Å². The molecule has 1 aromatic rings. The quantitative estimate of drug-likeness (QED) is 0.375. The summed E-state index contributed by atoms with van der Waals surface area (Å²) in [5.41, 5.74) is 0.503. The fourth-order valence-electron chi connectivity index (χ4n) is 3.83. The van der Waals surface area contributed by atoms with Gasteiger partial charge in [0.25, 0.3) is 15.8 Å². The molecule has 0 aromatic heterocycles. The van der Waals surface area contributed by atoms with Crippen molar-refractivity contribution in [3.63, 3.8) is 0 Å². The summed E-state index contributed by atoms with van der Waals surface area (Å²) in [6.45, 7) is -0.0605. The van der Waals surface area contributed by atoms with Gasteiger partial charge < -0.3 is 15.0 Å². The zero-order valence-corrected chi connectivity index (χ0v) is 17.3. The monoisotopic (exact) mass is 441 g/mol. The van der Waals surface area contributed by atoms with Crippen molar-refractivity contribution in [3.8, 4) is 0 Å². The minimum absolute atomic E-state index is 0.0355. The van der Waals surface area contributed by atoms with Crippen molar-refractivity contribution in [1.29, 1.82) is 0 Å². The van der Waals surface area contributed by atoms with E-state index < -0.39 is 27.2 Å². The number of likely N-dealkylation sites (tertiary alicyclic amines) is 1. The van der Waals surface area contributed by atoms with E-state index in [2.05, 4.69) is 5.32 Å². The number of hydrogen-bond donors (Lipinski definition) is 1. The molecule has 0 spiro atoms. The highest BCUT2D eigenvalue weighted by Gasteiger charge is 2.54. The summed E-state index contributed by atoms with van der Waals surface area (Å²) >= 11 is 0. The van der Waals surface area contributed by atoms with Gasteiger partial charge in [0.1, 0.15) is 6.61 Å². The first-order valence-electron chi connectivity index (χ1n) is 9.35. The Balaban J connectivity index is 1.66. The van der Waals surface area contributed by atoms with Gasteiger partial charge in [0.15, 0.2) is 0 Å². The summed E-state index contributed by atoms with van der Waals surface area (Å²) in [6.07, 6.45) is 0.477. The minimum atomic E-state index is -3.70. The Kier molecular flexibility index (Phi) is 6.27. The second-order valence-electron chi connectivity index (χ2n) is 7.48. The second kappa shape index (κ2) is 8.56. The van der Waals surface area contributed by atoms with Crippen LogP contribution in [-0.4, -0.2) is 62.2 Å². The van der Waals surface area contributed by atoms with Crippen molar-refractivity contribution in [2.45, 2.75) is 31.6 Å². The molecule has 1 aliphatic heterocycles. The van der Waals surface area contributed by atoms with Crippen molar-refractivity contribution in [2.75, 3.05) is 19.8 Å². The topological polar surface area (TPSA) is 145 Å². The normalized spacial score (nSPS) is 25.6. The third-order valence-electron chi connectivity index (χ3n) is 5.28. The molecule has 3 rings (SSSR count). The van der Waals surface area contributed by atoms with E-state index in [0.29, 0.717) is 12.0 Å². The number of nitrogens with one attached hydrogen (secondary N) is 1. The summed E-state index contributed by atoms with van der Waals surface area (Å²) in [5, 5.41) is 13.3. The molecule has 30 heavy (non-hydrogen) atoms. The van der Waals surface area contributed by atoms with E-state index in [0.717, 1.165) is 6.26 Å². The molecule has 1 heterocycles. The number of nitrogens with zero attached hydrogens (tertiary/aromatic N) is 2. The van der Waals surface area contributed by atoms with E-state index in [-0.39, 0.29) is 49.0 Å². The second-order valence-corrected chi connectivity index (χ2v) is 9.08. The van der Waals surface area contributed by atoms with Crippen LogP contribution in [0.25, 0.3) is 0 Å². The highest BCUT2D eigenvalue weighted by Crippen LogP contribution is 2.47.